The molecule has 1 N–H and O–H groups in total. The van der Waals surface area contributed by atoms with E-state index in [2.05, 4.69) is 30.0 Å². The quantitative estimate of drug-likeness (QED) is 0.916. The Kier molecular flexibility index (Phi) is 3.74. The molecule has 0 aliphatic carbocycles. The Labute approximate surface area is 105 Å². The van der Waals surface area contributed by atoms with Gasteiger partial charge in [-0.25, -0.2) is 19.9 Å². The smallest absolute Gasteiger partial charge is 0.422 e. The molecule has 0 saturated carbocycles. The zero-order valence-electron chi connectivity index (χ0n) is 9.42. The summed E-state index contributed by atoms with van der Waals surface area (Å²) in [5.41, 5.74) is 1.09. The molecule has 0 aliphatic rings. The van der Waals surface area contributed by atoms with E-state index < -0.39 is 12.8 Å². The summed E-state index contributed by atoms with van der Waals surface area (Å²) in [6, 6.07) is -0.341. The van der Waals surface area contributed by atoms with Gasteiger partial charge in [-0.05, 0) is 0 Å². The fourth-order valence-electron chi connectivity index (χ4n) is 1.13. The van der Waals surface area contributed by atoms with Crippen molar-refractivity contribution in [3.8, 4) is 6.01 Å². The van der Waals surface area contributed by atoms with E-state index in [4.69, 9.17) is 0 Å². The summed E-state index contributed by atoms with van der Waals surface area (Å²) in [5, 5.41) is 2.88. The minimum absolute atomic E-state index is 0.341. The number of rotatable bonds is 4. The molecule has 0 aliphatic heterocycles. The van der Waals surface area contributed by atoms with Crippen molar-refractivity contribution in [3.63, 3.8) is 0 Å². The van der Waals surface area contributed by atoms with Crippen molar-refractivity contribution >= 4 is 11.4 Å². The van der Waals surface area contributed by atoms with Gasteiger partial charge in [-0.15, -0.1) is 0 Å². The number of alkyl halides is 3. The first-order chi connectivity index (χ1) is 9.03. The van der Waals surface area contributed by atoms with Crippen LogP contribution in [0.15, 0.2) is 31.1 Å². The van der Waals surface area contributed by atoms with Crippen LogP contribution in [0.1, 0.15) is 0 Å². The molecule has 0 aromatic carbocycles. The Bertz CT molecular complexity index is 517. The van der Waals surface area contributed by atoms with E-state index in [0.717, 1.165) is 0 Å². The SMILES string of the molecule is FC(F)(F)COc1ncc(Nc2cncnc2)cn1. The van der Waals surface area contributed by atoms with Crippen LogP contribution in [0.25, 0.3) is 0 Å². The van der Waals surface area contributed by atoms with E-state index in [1.807, 2.05) is 0 Å². The Balaban J connectivity index is 1.95. The normalized spacial score (nSPS) is 11.1. The van der Waals surface area contributed by atoms with E-state index in [9.17, 15) is 13.2 Å². The molecule has 2 rings (SSSR count). The lowest BCUT2D eigenvalue weighted by Gasteiger charge is -2.08. The number of ether oxygens (including phenoxy) is 1. The third-order valence-corrected chi connectivity index (χ3v) is 1.84. The molecule has 100 valence electrons. The first kappa shape index (κ1) is 13.0. The molecular formula is C10H8F3N5O. The largest absolute Gasteiger partial charge is 0.454 e. The molecule has 0 fully saturated rings. The van der Waals surface area contributed by atoms with Crippen molar-refractivity contribution in [3.05, 3.63) is 31.1 Å². The van der Waals surface area contributed by atoms with Crippen LogP contribution >= 0.6 is 0 Å². The lowest BCUT2D eigenvalue weighted by molar-refractivity contribution is -0.154. The molecule has 0 atom stereocenters. The topological polar surface area (TPSA) is 72.8 Å². The molecule has 9 heteroatoms. The Morgan fingerprint density at radius 2 is 1.58 bits per heavy atom. The summed E-state index contributed by atoms with van der Waals surface area (Å²) in [5.74, 6) is 0. The third-order valence-electron chi connectivity index (χ3n) is 1.84. The molecule has 0 unspecified atom stereocenters. The Hall–Kier alpha value is -2.45. The van der Waals surface area contributed by atoms with Crippen LogP contribution in [-0.2, 0) is 0 Å². The van der Waals surface area contributed by atoms with Crippen molar-refractivity contribution in [2.45, 2.75) is 6.18 Å². The summed E-state index contributed by atoms with van der Waals surface area (Å²) < 4.78 is 40.1. The highest BCUT2D eigenvalue weighted by atomic mass is 19.4. The van der Waals surface area contributed by atoms with E-state index in [1.165, 1.54) is 31.1 Å². The summed E-state index contributed by atoms with van der Waals surface area (Å²) >= 11 is 0. The molecule has 6 nitrogen and oxygen atoms in total. The van der Waals surface area contributed by atoms with Crippen molar-refractivity contribution in [1.29, 1.82) is 0 Å². The molecule has 2 heterocycles. The van der Waals surface area contributed by atoms with Gasteiger partial charge in [0.2, 0.25) is 0 Å². The van der Waals surface area contributed by atoms with Gasteiger partial charge >= 0.3 is 12.2 Å². The monoisotopic (exact) mass is 271 g/mol. The van der Waals surface area contributed by atoms with Crippen LogP contribution in [-0.4, -0.2) is 32.7 Å². The van der Waals surface area contributed by atoms with Crippen LogP contribution < -0.4 is 10.1 Å². The fraction of sp³-hybridized carbons (Fsp3) is 0.200. The highest BCUT2D eigenvalue weighted by Crippen LogP contribution is 2.17. The van der Waals surface area contributed by atoms with Crippen LogP contribution in [0.5, 0.6) is 6.01 Å². The van der Waals surface area contributed by atoms with Crippen LogP contribution in [0.4, 0.5) is 24.5 Å². The molecule has 0 radical (unpaired) electrons. The van der Waals surface area contributed by atoms with E-state index in [1.54, 1.807) is 0 Å². The second-order valence-electron chi connectivity index (χ2n) is 3.41. The average Bonchev–Trinajstić information content (AvgIpc) is 2.38. The molecule has 2 aromatic heterocycles. The van der Waals surface area contributed by atoms with Gasteiger partial charge < -0.3 is 10.1 Å². The van der Waals surface area contributed by atoms with Gasteiger partial charge in [-0.2, -0.15) is 13.2 Å². The zero-order valence-corrected chi connectivity index (χ0v) is 9.42. The van der Waals surface area contributed by atoms with Crippen molar-refractivity contribution in [1.82, 2.24) is 19.9 Å². The van der Waals surface area contributed by atoms with Gasteiger partial charge in [-0.1, -0.05) is 0 Å². The first-order valence-corrected chi connectivity index (χ1v) is 5.06. The average molecular weight is 271 g/mol. The lowest BCUT2D eigenvalue weighted by atomic mass is 10.4. The molecule has 0 bridgehead atoms. The van der Waals surface area contributed by atoms with E-state index in [-0.39, 0.29) is 6.01 Å². The van der Waals surface area contributed by atoms with E-state index in [0.29, 0.717) is 11.4 Å². The summed E-state index contributed by atoms with van der Waals surface area (Å²) in [6.45, 7) is -1.42. The highest BCUT2D eigenvalue weighted by molar-refractivity contribution is 5.55. The summed E-state index contributed by atoms with van der Waals surface area (Å²) in [6.07, 6.45) is 2.61. The first-order valence-electron chi connectivity index (χ1n) is 5.06. The minimum atomic E-state index is -4.42. The molecular weight excluding hydrogens is 263 g/mol. The molecule has 2 aromatic rings. The van der Waals surface area contributed by atoms with Gasteiger partial charge in [0.05, 0.1) is 36.2 Å². The maximum absolute atomic E-state index is 11.9. The molecule has 0 amide bonds. The maximum Gasteiger partial charge on any atom is 0.422 e. The second-order valence-corrected chi connectivity index (χ2v) is 3.41. The Morgan fingerprint density at radius 3 is 2.16 bits per heavy atom. The highest BCUT2D eigenvalue weighted by Gasteiger charge is 2.28. The number of halogens is 3. The van der Waals surface area contributed by atoms with Gasteiger partial charge in [0.25, 0.3) is 0 Å². The minimum Gasteiger partial charge on any atom is -0.454 e. The summed E-state index contributed by atoms with van der Waals surface area (Å²) in [4.78, 5) is 14.9. The number of hydrogen-bond donors (Lipinski definition) is 1. The second kappa shape index (κ2) is 5.46. The zero-order chi connectivity index (χ0) is 13.7. The number of nitrogens with zero attached hydrogens (tertiary/aromatic N) is 4. The maximum atomic E-state index is 11.9. The Morgan fingerprint density at radius 1 is 1.00 bits per heavy atom. The van der Waals surface area contributed by atoms with Gasteiger partial charge in [0.1, 0.15) is 6.33 Å². The van der Waals surface area contributed by atoms with Crippen LogP contribution in [0.2, 0.25) is 0 Å². The van der Waals surface area contributed by atoms with Crippen LogP contribution in [0.3, 0.4) is 0 Å². The predicted octanol–water partition coefficient (Wildman–Crippen LogP) is 1.95. The number of anilines is 2. The number of aromatic nitrogens is 4. The van der Waals surface area contributed by atoms with Gasteiger partial charge in [-0.3, -0.25) is 0 Å². The van der Waals surface area contributed by atoms with Gasteiger partial charge in [0, 0.05) is 0 Å². The number of nitrogens with one attached hydrogen (secondary N) is 1. The molecule has 0 spiro atoms. The number of hydrogen-bond acceptors (Lipinski definition) is 6. The fourth-order valence-corrected chi connectivity index (χ4v) is 1.13. The van der Waals surface area contributed by atoms with Crippen molar-refractivity contribution in [2.75, 3.05) is 11.9 Å². The predicted molar refractivity (Wildman–Crippen MR) is 58.9 cm³/mol. The van der Waals surface area contributed by atoms with E-state index >= 15 is 0 Å². The van der Waals surface area contributed by atoms with Crippen molar-refractivity contribution < 1.29 is 17.9 Å². The molecule has 0 saturated heterocycles. The third kappa shape index (κ3) is 4.37. The van der Waals surface area contributed by atoms with Crippen LogP contribution in [0, 0.1) is 0 Å². The summed E-state index contributed by atoms with van der Waals surface area (Å²) in [7, 11) is 0. The lowest BCUT2D eigenvalue weighted by Crippen LogP contribution is -2.20. The van der Waals surface area contributed by atoms with Gasteiger partial charge in [0.15, 0.2) is 6.61 Å². The van der Waals surface area contributed by atoms with Crippen molar-refractivity contribution in [2.24, 2.45) is 0 Å². The molecule has 19 heavy (non-hydrogen) atoms. The standard InChI is InChI=1S/C10H8F3N5O/c11-10(12,13)5-19-9-16-3-8(4-17-9)18-7-1-14-6-15-2-7/h1-4,6,18H,5H2.